The number of nitrogens with two attached hydrogens (primary N) is 1. The zero-order valence-electron chi connectivity index (χ0n) is 16.0. The van der Waals surface area contributed by atoms with Crippen LogP contribution in [0.4, 0.5) is 13.2 Å². The van der Waals surface area contributed by atoms with Crippen LogP contribution in [0.2, 0.25) is 5.02 Å². The number of aromatic nitrogens is 4. The second-order valence-corrected chi connectivity index (χ2v) is 6.40. The molecule has 7 nitrogen and oxygen atoms in total. The van der Waals surface area contributed by atoms with Gasteiger partial charge in [-0.2, -0.15) is 23.4 Å². The molecule has 0 amide bonds. The van der Waals surface area contributed by atoms with Gasteiger partial charge in [-0.1, -0.05) is 23.6 Å². The minimum Gasteiger partial charge on any atom is -0.404 e. The van der Waals surface area contributed by atoms with Crippen molar-refractivity contribution in [3.05, 3.63) is 76.8 Å². The molecule has 0 aliphatic carbocycles. The van der Waals surface area contributed by atoms with Gasteiger partial charge >= 0.3 is 6.18 Å². The van der Waals surface area contributed by atoms with Crippen molar-refractivity contribution < 1.29 is 13.2 Å². The topological polar surface area (TPSA) is 94.0 Å². The Morgan fingerprint density at radius 2 is 2.03 bits per heavy atom. The molecule has 0 radical (unpaired) electrons. The van der Waals surface area contributed by atoms with Crippen molar-refractivity contribution in [1.82, 2.24) is 25.3 Å². The van der Waals surface area contributed by atoms with Crippen LogP contribution in [-0.2, 0) is 0 Å². The third-order valence-electron chi connectivity index (χ3n) is 4.06. The van der Waals surface area contributed by atoms with Crippen LogP contribution in [0.25, 0.3) is 11.4 Å². The van der Waals surface area contributed by atoms with Gasteiger partial charge in [0.05, 0.1) is 34.5 Å². The first-order valence-electron chi connectivity index (χ1n) is 8.71. The number of nitrogens with one attached hydrogen (secondary N) is 1. The van der Waals surface area contributed by atoms with Crippen LogP contribution < -0.4 is 11.1 Å². The van der Waals surface area contributed by atoms with Crippen LogP contribution in [0.1, 0.15) is 12.5 Å². The molecule has 2 aromatic heterocycles. The maximum Gasteiger partial charge on any atom is 0.434 e. The number of allylic oxidation sites excluding steroid dienone is 5. The van der Waals surface area contributed by atoms with E-state index in [2.05, 4.69) is 31.4 Å². The second kappa shape index (κ2) is 8.89. The van der Waals surface area contributed by atoms with E-state index in [-0.39, 0.29) is 22.1 Å². The number of hydrogen-bond donors (Lipinski definition) is 2. The lowest BCUT2D eigenvalue weighted by Crippen LogP contribution is -2.26. The third-order valence-corrected chi connectivity index (χ3v) is 4.34. The molecule has 3 N–H and O–H groups in total. The molecule has 3 rings (SSSR count). The molecule has 11 heteroatoms. The van der Waals surface area contributed by atoms with E-state index < -0.39 is 17.5 Å². The van der Waals surface area contributed by atoms with Crippen LogP contribution in [0, 0.1) is 12.3 Å². The number of nitrogens with zero attached hydrogens (tertiary/aromatic N) is 5. The summed E-state index contributed by atoms with van der Waals surface area (Å²) >= 11 is 6.20. The fourth-order valence-corrected chi connectivity index (χ4v) is 2.91. The summed E-state index contributed by atoms with van der Waals surface area (Å²) in [6, 6.07) is 1.29. The largest absolute Gasteiger partial charge is 0.434 e. The lowest BCUT2D eigenvalue weighted by Gasteiger charge is -2.19. The highest BCUT2D eigenvalue weighted by Gasteiger charge is 2.39. The van der Waals surface area contributed by atoms with E-state index in [1.165, 1.54) is 36.8 Å². The quantitative estimate of drug-likeness (QED) is 0.554. The number of dihydropyridines is 1. The molecule has 1 aliphatic heterocycles. The normalized spacial score (nSPS) is 16.5. The summed E-state index contributed by atoms with van der Waals surface area (Å²) in [7, 11) is 0. The van der Waals surface area contributed by atoms with Crippen LogP contribution >= 0.6 is 11.6 Å². The summed E-state index contributed by atoms with van der Waals surface area (Å²) < 4.78 is 41.9. The summed E-state index contributed by atoms with van der Waals surface area (Å²) in [5.41, 5.74) is 4.72. The smallest absolute Gasteiger partial charge is 0.404 e. The summed E-state index contributed by atoms with van der Waals surface area (Å²) in [5.74, 6) is 2.53. The maximum atomic E-state index is 14.0. The first kappa shape index (κ1) is 21.9. The molecule has 0 fully saturated rings. The van der Waals surface area contributed by atoms with Crippen molar-refractivity contribution in [3.63, 3.8) is 0 Å². The zero-order chi connectivity index (χ0) is 22.6. The average molecular weight is 446 g/mol. The fraction of sp³-hybridized carbons (Fsp3) is 0.100. The molecule has 3 heterocycles. The minimum atomic E-state index is -4.82. The van der Waals surface area contributed by atoms with E-state index in [1.807, 2.05) is 0 Å². The molecule has 0 saturated heterocycles. The second-order valence-electron chi connectivity index (χ2n) is 5.99. The summed E-state index contributed by atoms with van der Waals surface area (Å²) in [5, 5.41) is 10.7. The number of aliphatic imine (C=N–C) groups is 1. The fourth-order valence-electron chi connectivity index (χ4n) is 2.66. The lowest BCUT2D eigenvalue weighted by atomic mass is 10.0. The molecule has 1 aliphatic rings. The van der Waals surface area contributed by atoms with Crippen molar-refractivity contribution >= 4 is 22.9 Å². The number of pyridine rings is 1. The first-order chi connectivity index (χ1) is 14.8. The van der Waals surface area contributed by atoms with Crippen molar-refractivity contribution in [2.24, 2.45) is 10.7 Å². The van der Waals surface area contributed by atoms with Gasteiger partial charge in [0.2, 0.25) is 0 Å². The van der Waals surface area contributed by atoms with Gasteiger partial charge in [0, 0.05) is 23.5 Å². The molecular formula is C20H15ClF3N7. The third kappa shape index (κ3) is 4.67. The predicted molar refractivity (Wildman–Crippen MR) is 112 cm³/mol. The monoisotopic (exact) mass is 445 g/mol. The van der Waals surface area contributed by atoms with E-state index in [0.29, 0.717) is 11.4 Å². The summed E-state index contributed by atoms with van der Waals surface area (Å²) in [6.07, 6.45) is 9.73. The van der Waals surface area contributed by atoms with Crippen molar-refractivity contribution in [2.75, 3.05) is 0 Å². The van der Waals surface area contributed by atoms with Crippen LogP contribution in [0.3, 0.4) is 0 Å². The first-order valence-corrected chi connectivity index (χ1v) is 9.09. The highest BCUT2D eigenvalue weighted by Crippen LogP contribution is 2.32. The van der Waals surface area contributed by atoms with Gasteiger partial charge in [-0.15, -0.1) is 11.2 Å². The Bertz CT molecular complexity index is 1180. The van der Waals surface area contributed by atoms with Crippen LogP contribution in [0.5, 0.6) is 0 Å². The molecule has 158 valence electrons. The number of halogens is 4. The van der Waals surface area contributed by atoms with Gasteiger partial charge < -0.3 is 11.1 Å². The van der Waals surface area contributed by atoms with Crippen molar-refractivity contribution in [3.8, 4) is 18.2 Å². The van der Waals surface area contributed by atoms with E-state index >= 15 is 0 Å². The van der Waals surface area contributed by atoms with Crippen LogP contribution in [0.15, 0.2) is 71.2 Å². The molecule has 2 aromatic rings. The number of rotatable bonds is 4. The zero-order valence-corrected chi connectivity index (χ0v) is 16.8. The summed E-state index contributed by atoms with van der Waals surface area (Å²) in [6.45, 7) is 1.64. The number of hydrogen-bond acceptors (Lipinski definition) is 6. The Morgan fingerprint density at radius 3 is 2.58 bits per heavy atom. The molecule has 0 aromatic carbocycles. The Labute approximate surface area is 180 Å². The van der Waals surface area contributed by atoms with Gasteiger partial charge in [-0.05, 0) is 25.1 Å². The highest BCUT2D eigenvalue weighted by molar-refractivity contribution is 6.33. The Hall–Kier alpha value is -3.84. The van der Waals surface area contributed by atoms with Crippen molar-refractivity contribution in [2.45, 2.75) is 13.1 Å². The Kier molecular flexibility index (Phi) is 6.27. The molecule has 0 spiro atoms. The van der Waals surface area contributed by atoms with Gasteiger partial charge in [-0.25, -0.2) is 9.98 Å². The molecule has 0 atom stereocenters. The standard InChI is InChI=1S/C20H15ClF3N7/c1-3-13-5-6-17(16(4-2)29-13)30-18(20(22,23)24)14(10-25)12-9-15(21)19(26-11-12)31-27-7-8-28-31/h1,4-11,29H,25H2,2H3/b14-10-,16-4-,30-18?. The van der Waals surface area contributed by atoms with E-state index in [9.17, 15) is 13.2 Å². The Balaban J connectivity index is 2.09. The molecule has 0 unspecified atom stereocenters. The minimum absolute atomic E-state index is 0.0192. The van der Waals surface area contributed by atoms with Gasteiger partial charge in [0.25, 0.3) is 0 Å². The molecule has 31 heavy (non-hydrogen) atoms. The van der Waals surface area contributed by atoms with Gasteiger partial charge in [0.15, 0.2) is 11.5 Å². The summed E-state index contributed by atoms with van der Waals surface area (Å²) in [4.78, 5) is 9.05. The number of terminal acetylenes is 1. The van der Waals surface area contributed by atoms with E-state index in [4.69, 9.17) is 23.8 Å². The molecular weight excluding hydrogens is 431 g/mol. The number of alkyl halides is 3. The van der Waals surface area contributed by atoms with Gasteiger partial charge in [0.1, 0.15) is 0 Å². The highest BCUT2D eigenvalue weighted by atomic mass is 35.5. The van der Waals surface area contributed by atoms with Gasteiger partial charge in [-0.3, -0.25) is 0 Å². The average Bonchev–Trinajstić information content (AvgIpc) is 3.27. The Morgan fingerprint density at radius 1 is 1.32 bits per heavy atom. The van der Waals surface area contributed by atoms with E-state index in [1.54, 1.807) is 13.0 Å². The lowest BCUT2D eigenvalue weighted by molar-refractivity contribution is -0.0571. The SMILES string of the molecule is C#CC1=CC=C(N=C(/C(=C\N)c2cnc(-n3nccn3)c(Cl)c2)C(F)(F)F)/C(=C/C)N1. The molecule has 0 bridgehead atoms. The molecule has 0 saturated carbocycles. The van der Waals surface area contributed by atoms with E-state index in [0.717, 1.165) is 11.0 Å². The van der Waals surface area contributed by atoms with Crippen LogP contribution in [-0.4, -0.2) is 31.9 Å². The van der Waals surface area contributed by atoms with Crippen molar-refractivity contribution in [1.29, 1.82) is 0 Å². The predicted octanol–water partition coefficient (Wildman–Crippen LogP) is 3.53. The maximum absolute atomic E-state index is 14.0.